The van der Waals surface area contributed by atoms with Crippen LogP contribution < -0.4 is 11.5 Å². The second-order valence-electron chi connectivity index (χ2n) is 6.50. The molecule has 1 atom stereocenters. The van der Waals surface area contributed by atoms with E-state index in [9.17, 15) is 0 Å². The normalized spacial score (nSPS) is 11.7. The standard InChI is InChI=1S/C20H27N.CH5N/c1-12-7-14(3)18(15(4)8-12)11-19(21)20-16(5)9-13(2)10-17(20)6;1-2/h7-10,19H,11,21H2,1-6H3;2H2,1H3/t19-;/m1./s1. The summed E-state index contributed by atoms with van der Waals surface area (Å²) in [6.07, 6.45) is 0.905. The topological polar surface area (TPSA) is 52.0 Å². The first-order valence-corrected chi connectivity index (χ1v) is 8.27. The molecule has 0 aliphatic carbocycles. The molecule has 2 rings (SSSR count). The SMILES string of the molecule is CN.Cc1cc(C)c(C[C@@H](N)c2c(C)cc(C)cc2C)c(C)c1. The third kappa shape index (κ3) is 4.66. The molecule has 0 radical (unpaired) electrons. The summed E-state index contributed by atoms with van der Waals surface area (Å²) in [7, 11) is 1.50. The molecule has 0 spiro atoms. The molecule has 2 aromatic rings. The fraction of sp³-hybridized carbons (Fsp3) is 0.429. The molecule has 0 unspecified atom stereocenters. The Kier molecular flexibility index (Phi) is 6.99. The minimum atomic E-state index is 0.0608. The maximum atomic E-state index is 6.55. The molecule has 0 saturated heterocycles. The van der Waals surface area contributed by atoms with E-state index < -0.39 is 0 Å². The van der Waals surface area contributed by atoms with E-state index in [4.69, 9.17) is 5.73 Å². The predicted octanol–water partition coefficient (Wildman–Crippen LogP) is 4.35. The zero-order valence-electron chi connectivity index (χ0n) is 15.7. The van der Waals surface area contributed by atoms with E-state index in [2.05, 4.69) is 71.5 Å². The van der Waals surface area contributed by atoms with Crippen LogP contribution in [-0.2, 0) is 6.42 Å². The van der Waals surface area contributed by atoms with Crippen molar-refractivity contribution >= 4 is 0 Å². The summed E-state index contributed by atoms with van der Waals surface area (Å²) in [6.45, 7) is 13.0. The van der Waals surface area contributed by atoms with E-state index in [-0.39, 0.29) is 6.04 Å². The molecule has 0 fully saturated rings. The quantitative estimate of drug-likeness (QED) is 0.885. The van der Waals surface area contributed by atoms with Gasteiger partial charge < -0.3 is 11.5 Å². The van der Waals surface area contributed by atoms with Crippen molar-refractivity contribution in [2.45, 2.75) is 54.0 Å². The zero-order valence-corrected chi connectivity index (χ0v) is 15.7. The second-order valence-corrected chi connectivity index (χ2v) is 6.50. The van der Waals surface area contributed by atoms with Gasteiger partial charge in [-0.2, -0.15) is 0 Å². The lowest BCUT2D eigenvalue weighted by Gasteiger charge is -2.21. The van der Waals surface area contributed by atoms with Crippen LogP contribution in [0, 0.1) is 41.5 Å². The highest BCUT2D eigenvalue weighted by atomic mass is 14.6. The minimum absolute atomic E-state index is 0.0608. The van der Waals surface area contributed by atoms with Crippen molar-refractivity contribution in [2.75, 3.05) is 7.05 Å². The van der Waals surface area contributed by atoms with Crippen LogP contribution in [0.3, 0.4) is 0 Å². The molecule has 2 nitrogen and oxygen atoms in total. The number of aryl methyl sites for hydroxylation is 6. The van der Waals surface area contributed by atoms with Crippen molar-refractivity contribution in [3.63, 3.8) is 0 Å². The first-order valence-electron chi connectivity index (χ1n) is 8.27. The molecule has 2 heteroatoms. The summed E-state index contributed by atoms with van der Waals surface area (Å²) in [6, 6.07) is 9.03. The highest BCUT2D eigenvalue weighted by molar-refractivity contribution is 5.43. The summed E-state index contributed by atoms with van der Waals surface area (Å²) in [5, 5.41) is 0. The van der Waals surface area contributed by atoms with Crippen molar-refractivity contribution in [3.8, 4) is 0 Å². The Labute approximate surface area is 141 Å². The lowest BCUT2D eigenvalue weighted by atomic mass is 9.88. The Balaban J connectivity index is 0.00000127. The first-order chi connectivity index (χ1) is 10.8. The molecule has 4 N–H and O–H groups in total. The van der Waals surface area contributed by atoms with Gasteiger partial charge in [0.1, 0.15) is 0 Å². The minimum Gasteiger partial charge on any atom is -0.333 e. The summed E-state index contributed by atoms with van der Waals surface area (Å²) in [4.78, 5) is 0. The Hall–Kier alpha value is -1.64. The van der Waals surface area contributed by atoms with Gasteiger partial charge in [-0.3, -0.25) is 0 Å². The van der Waals surface area contributed by atoms with Gasteiger partial charge in [0.25, 0.3) is 0 Å². The number of rotatable bonds is 3. The number of hydrogen-bond acceptors (Lipinski definition) is 2. The van der Waals surface area contributed by atoms with Crippen LogP contribution in [0.4, 0.5) is 0 Å². The molecule has 126 valence electrons. The largest absolute Gasteiger partial charge is 0.333 e. The van der Waals surface area contributed by atoms with Gasteiger partial charge in [-0.15, -0.1) is 0 Å². The molecule has 0 aliphatic rings. The summed E-state index contributed by atoms with van der Waals surface area (Å²) < 4.78 is 0. The van der Waals surface area contributed by atoms with Crippen LogP contribution in [-0.4, -0.2) is 7.05 Å². The lowest BCUT2D eigenvalue weighted by molar-refractivity contribution is 0.704. The molecular weight excluding hydrogens is 280 g/mol. The van der Waals surface area contributed by atoms with Gasteiger partial charge in [-0.05, 0) is 88.4 Å². The smallest absolute Gasteiger partial charge is 0.0341 e. The van der Waals surface area contributed by atoms with E-state index in [1.165, 1.54) is 51.6 Å². The molecular formula is C21H32N2. The molecule has 0 aromatic heterocycles. The molecule has 0 saturated carbocycles. The van der Waals surface area contributed by atoms with Crippen molar-refractivity contribution in [3.05, 3.63) is 68.8 Å². The van der Waals surface area contributed by atoms with Crippen molar-refractivity contribution < 1.29 is 0 Å². The zero-order chi connectivity index (χ0) is 17.7. The fourth-order valence-corrected chi connectivity index (χ4v) is 3.63. The Morgan fingerprint density at radius 1 is 0.696 bits per heavy atom. The van der Waals surface area contributed by atoms with E-state index in [0.717, 1.165) is 6.42 Å². The van der Waals surface area contributed by atoms with Crippen LogP contribution in [0.5, 0.6) is 0 Å². The van der Waals surface area contributed by atoms with E-state index in [0.29, 0.717) is 0 Å². The average molecular weight is 313 g/mol. The predicted molar refractivity (Wildman–Crippen MR) is 102 cm³/mol. The van der Waals surface area contributed by atoms with Gasteiger partial charge in [0.05, 0.1) is 0 Å². The van der Waals surface area contributed by atoms with Gasteiger partial charge in [-0.1, -0.05) is 35.4 Å². The van der Waals surface area contributed by atoms with Crippen LogP contribution in [0.2, 0.25) is 0 Å². The summed E-state index contributed by atoms with van der Waals surface area (Å²) in [5.41, 5.74) is 21.7. The highest BCUT2D eigenvalue weighted by Gasteiger charge is 2.15. The van der Waals surface area contributed by atoms with E-state index in [1.54, 1.807) is 0 Å². The van der Waals surface area contributed by atoms with Crippen LogP contribution in [0.1, 0.15) is 50.5 Å². The van der Waals surface area contributed by atoms with E-state index in [1.807, 2.05) is 0 Å². The van der Waals surface area contributed by atoms with Crippen molar-refractivity contribution in [1.29, 1.82) is 0 Å². The Morgan fingerprint density at radius 3 is 1.43 bits per heavy atom. The number of nitrogens with two attached hydrogens (primary N) is 2. The average Bonchev–Trinajstić information content (AvgIpc) is 2.43. The Morgan fingerprint density at radius 2 is 1.04 bits per heavy atom. The third-order valence-corrected chi connectivity index (χ3v) is 4.37. The summed E-state index contributed by atoms with van der Waals surface area (Å²) in [5.74, 6) is 0. The number of benzene rings is 2. The van der Waals surface area contributed by atoms with Gasteiger partial charge >= 0.3 is 0 Å². The molecule has 23 heavy (non-hydrogen) atoms. The third-order valence-electron chi connectivity index (χ3n) is 4.37. The fourth-order valence-electron chi connectivity index (χ4n) is 3.63. The molecule has 0 aliphatic heterocycles. The van der Waals surface area contributed by atoms with Gasteiger partial charge in [-0.25, -0.2) is 0 Å². The first kappa shape index (κ1) is 19.4. The van der Waals surface area contributed by atoms with Crippen LogP contribution in [0.15, 0.2) is 24.3 Å². The van der Waals surface area contributed by atoms with Crippen molar-refractivity contribution in [1.82, 2.24) is 0 Å². The second kappa shape index (κ2) is 8.28. The molecule has 0 amide bonds. The lowest BCUT2D eigenvalue weighted by Crippen LogP contribution is -2.17. The van der Waals surface area contributed by atoms with Crippen LogP contribution in [0.25, 0.3) is 0 Å². The van der Waals surface area contributed by atoms with Crippen molar-refractivity contribution in [2.24, 2.45) is 11.5 Å². The van der Waals surface area contributed by atoms with E-state index >= 15 is 0 Å². The Bertz CT molecular complexity index is 626. The maximum absolute atomic E-state index is 6.55. The molecule has 0 heterocycles. The summed E-state index contributed by atoms with van der Waals surface area (Å²) >= 11 is 0. The number of hydrogen-bond donors (Lipinski definition) is 2. The van der Waals surface area contributed by atoms with Gasteiger partial charge in [0.2, 0.25) is 0 Å². The van der Waals surface area contributed by atoms with Gasteiger partial charge in [0.15, 0.2) is 0 Å². The monoisotopic (exact) mass is 312 g/mol. The van der Waals surface area contributed by atoms with Crippen LogP contribution >= 0.6 is 0 Å². The van der Waals surface area contributed by atoms with Gasteiger partial charge in [0, 0.05) is 6.04 Å². The highest BCUT2D eigenvalue weighted by Crippen LogP contribution is 2.27. The molecule has 2 aromatic carbocycles. The maximum Gasteiger partial charge on any atom is 0.0341 e. The molecule has 0 bridgehead atoms.